The van der Waals surface area contributed by atoms with Crippen LogP contribution in [0, 0.1) is 10.5 Å². The SMILES string of the molecule is Cc1csc(Oc2ccc(I)cc2)n1. The van der Waals surface area contributed by atoms with Crippen molar-refractivity contribution < 1.29 is 4.74 Å². The topological polar surface area (TPSA) is 22.1 Å². The monoisotopic (exact) mass is 317 g/mol. The van der Waals surface area contributed by atoms with E-state index in [1.54, 1.807) is 0 Å². The lowest BCUT2D eigenvalue weighted by Crippen LogP contribution is -1.83. The van der Waals surface area contributed by atoms with Gasteiger partial charge in [0.25, 0.3) is 5.19 Å². The van der Waals surface area contributed by atoms with Gasteiger partial charge >= 0.3 is 0 Å². The maximum Gasteiger partial charge on any atom is 0.278 e. The van der Waals surface area contributed by atoms with Crippen molar-refractivity contribution in [1.29, 1.82) is 0 Å². The van der Waals surface area contributed by atoms with Gasteiger partial charge in [-0.2, -0.15) is 0 Å². The number of halogens is 1. The fourth-order valence-corrected chi connectivity index (χ4v) is 2.01. The average molecular weight is 317 g/mol. The molecule has 2 nitrogen and oxygen atoms in total. The van der Waals surface area contributed by atoms with E-state index in [1.807, 2.05) is 36.6 Å². The number of hydrogen-bond donors (Lipinski definition) is 0. The Morgan fingerprint density at radius 1 is 1.29 bits per heavy atom. The van der Waals surface area contributed by atoms with Crippen molar-refractivity contribution in [2.24, 2.45) is 0 Å². The largest absolute Gasteiger partial charge is 0.431 e. The second-order valence-corrected chi connectivity index (χ2v) is 4.88. The summed E-state index contributed by atoms with van der Waals surface area (Å²) in [5.74, 6) is 0.833. The highest BCUT2D eigenvalue weighted by Gasteiger charge is 2.00. The third-order valence-electron chi connectivity index (χ3n) is 1.62. The second kappa shape index (κ2) is 4.27. The average Bonchev–Trinajstić information content (AvgIpc) is 2.56. The number of benzene rings is 1. The maximum atomic E-state index is 5.56. The van der Waals surface area contributed by atoms with Crippen LogP contribution in [0.1, 0.15) is 5.69 Å². The summed E-state index contributed by atoms with van der Waals surface area (Å²) >= 11 is 3.78. The Kier molecular flexibility index (Phi) is 3.02. The smallest absolute Gasteiger partial charge is 0.278 e. The van der Waals surface area contributed by atoms with E-state index in [0.29, 0.717) is 5.19 Å². The third kappa shape index (κ3) is 2.45. The second-order valence-electron chi connectivity index (χ2n) is 2.81. The number of aromatic nitrogens is 1. The predicted octanol–water partition coefficient (Wildman–Crippen LogP) is 3.85. The van der Waals surface area contributed by atoms with Crippen LogP contribution >= 0.6 is 33.9 Å². The van der Waals surface area contributed by atoms with Crippen molar-refractivity contribution in [3.05, 3.63) is 38.9 Å². The summed E-state index contributed by atoms with van der Waals surface area (Å²) < 4.78 is 6.76. The molecule has 14 heavy (non-hydrogen) atoms. The Morgan fingerprint density at radius 2 is 2.00 bits per heavy atom. The molecule has 1 aromatic carbocycles. The van der Waals surface area contributed by atoms with E-state index in [-0.39, 0.29) is 0 Å². The van der Waals surface area contributed by atoms with Gasteiger partial charge in [-0.1, -0.05) is 11.3 Å². The Balaban J connectivity index is 2.15. The molecule has 0 spiro atoms. The lowest BCUT2D eigenvalue weighted by Gasteiger charge is -2.00. The lowest BCUT2D eigenvalue weighted by atomic mass is 10.3. The molecule has 1 heterocycles. The van der Waals surface area contributed by atoms with Gasteiger partial charge in [0.05, 0.1) is 5.69 Å². The molecule has 0 atom stereocenters. The molecule has 0 aliphatic rings. The van der Waals surface area contributed by atoms with Gasteiger partial charge in [-0.15, -0.1) is 0 Å². The fourth-order valence-electron chi connectivity index (χ4n) is 0.983. The molecule has 0 aliphatic heterocycles. The van der Waals surface area contributed by atoms with Crippen molar-refractivity contribution in [3.8, 4) is 10.9 Å². The van der Waals surface area contributed by atoms with Gasteiger partial charge in [-0.25, -0.2) is 4.98 Å². The van der Waals surface area contributed by atoms with Gasteiger partial charge in [0.1, 0.15) is 5.75 Å². The summed E-state index contributed by atoms with van der Waals surface area (Å²) in [6.07, 6.45) is 0. The fraction of sp³-hybridized carbons (Fsp3) is 0.100. The Bertz CT molecular complexity index is 424. The number of ether oxygens (including phenoxy) is 1. The number of nitrogens with zero attached hydrogens (tertiary/aromatic N) is 1. The number of thiazole rings is 1. The van der Waals surface area contributed by atoms with E-state index in [4.69, 9.17) is 4.74 Å². The van der Waals surface area contributed by atoms with Crippen molar-refractivity contribution in [1.82, 2.24) is 4.98 Å². The van der Waals surface area contributed by atoms with Crippen molar-refractivity contribution in [2.45, 2.75) is 6.92 Å². The quantitative estimate of drug-likeness (QED) is 0.785. The van der Waals surface area contributed by atoms with Crippen LogP contribution in [0.2, 0.25) is 0 Å². The zero-order valence-corrected chi connectivity index (χ0v) is 10.5. The Hall–Kier alpha value is -0.620. The highest BCUT2D eigenvalue weighted by Crippen LogP contribution is 2.25. The molecule has 72 valence electrons. The molecule has 0 unspecified atom stereocenters. The summed E-state index contributed by atoms with van der Waals surface area (Å²) in [7, 11) is 0. The van der Waals surface area contributed by atoms with Crippen molar-refractivity contribution in [2.75, 3.05) is 0 Å². The summed E-state index contributed by atoms with van der Waals surface area (Å²) in [5, 5.41) is 2.67. The molecule has 0 bridgehead atoms. The van der Waals surface area contributed by atoms with Gasteiger partial charge in [0.15, 0.2) is 0 Å². The van der Waals surface area contributed by atoms with Crippen molar-refractivity contribution >= 4 is 33.9 Å². The summed E-state index contributed by atoms with van der Waals surface area (Å²) in [4.78, 5) is 4.22. The molecule has 2 rings (SSSR count). The van der Waals surface area contributed by atoms with Crippen LogP contribution < -0.4 is 4.74 Å². The molecule has 0 aliphatic carbocycles. The first kappa shape index (κ1) is 9.92. The molecule has 4 heteroatoms. The maximum absolute atomic E-state index is 5.56. The van der Waals surface area contributed by atoms with Crippen LogP contribution in [-0.2, 0) is 0 Å². The first-order valence-corrected chi connectivity index (χ1v) is 6.05. The van der Waals surface area contributed by atoms with Gasteiger partial charge in [-0.3, -0.25) is 0 Å². The predicted molar refractivity (Wildman–Crippen MR) is 66.1 cm³/mol. The lowest BCUT2D eigenvalue weighted by molar-refractivity contribution is 0.478. The molecule has 0 saturated heterocycles. The highest BCUT2D eigenvalue weighted by molar-refractivity contribution is 14.1. The number of hydrogen-bond acceptors (Lipinski definition) is 3. The normalized spacial score (nSPS) is 10.1. The van der Waals surface area contributed by atoms with Crippen LogP contribution in [0.4, 0.5) is 0 Å². The molecule has 0 amide bonds. The molecular weight excluding hydrogens is 309 g/mol. The van der Waals surface area contributed by atoms with E-state index in [2.05, 4.69) is 27.6 Å². The number of aryl methyl sites for hydroxylation is 1. The molecule has 0 N–H and O–H groups in total. The zero-order valence-electron chi connectivity index (χ0n) is 7.53. The molecule has 2 aromatic rings. The van der Waals surface area contributed by atoms with E-state index in [0.717, 1.165) is 11.4 Å². The van der Waals surface area contributed by atoms with Crippen LogP contribution in [0.3, 0.4) is 0 Å². The van der Waals surface area contributed by atoms with Gasteiger partial charge in [0.2, 0.25) is 0 Å². The van der Waals surface area contributed by atoms with Crippen molar-refractivity contribution in [3.63, 3.8) is 0 Å². The zero-order chi connectivity index (χ0) is 9.97. The standard InChI is InChI=1S/C10H8INOS/c1-7-6-14-10(12-7)13-9-4-2-8(11)3-5-9/h2-6H,1H3. The first-order valence-electron chi connectivity index (χ1n) is 4.09. The van der Waals surface area contributed by atoms with E-state index in [9.17, 15) is 0 Å². The third-order valence-corrected chi connectivity index (χ3v) is 3.17. The van der Waals surface area contributed by atoms with E-state index >= 15 is 0 Å². The van der Waals surface area contributed by atoms with Gasteiger partial charge in [-0.05, 0) is 53.8 Å². The van der Waals surface area contributed by atoms with E-state index < -0.39 is 0 Å². The molecule has 0 radical (unpaired) electrons. The van der Waals surface area contributed by atoms with Gasteiger partial charge in [0, 0.05) is 8.95 Å². The van der Waals surface area contributed by atoms with Crippen LogP contribution in [-0.4, -0.2) is 4.98 Å². The first-order chi connectivity index (χ1) is 6.74. The van der Waals surface area contributed by atoms with Crippen LogP contribution in [0.5, 0.6) is 10.9 Å². The number of rotatable bonds is 2. The van der Waals surface area contributed by atoms with E-state index in [1.165, 1.54) is 14.9 Å². The molecule has 0 saturated carbocycles. The Labute approximate surface area is 100 Å². The Morgan fingerprint density at radius 3 is 2.57 bits per heavy atom. The summed E-state index contributed by atoms with van der Waals surface area (Å²) in [6, 6.07) is 7.91. The summed E-state index contributed by atoms with van der Waals surface area (Å²) in [5.41, 5.74) is 0.996. The molecular formula is C10H8INOS. The minimum Gasteiger partial charge on any atom is -0.431 e. The van der Waals surface area contributed by atoms with Crippen LogP contribution in [0.15, 0.2) is 29.6 Å². The minimum absolute atomic E-state index is 0.698. The summed E-state index contributed by atoms with van der Waals surface area (Å²) in [6.45, 7) is 1.96. The molecule has 0 fully saturated rings. The highest BCUT2D eigenvalue weighted by atomic mass is 127. The van der Waals surface area contributed by atoms with Crippen LogP contribution in [0.25, 0.3) is 0 Å². The van der Waals surface area contributed by atoms with Gasteiger partial charge < -0.3 is 4.74 Å². The molecule has 1 aromatic heterocycles. The minimum atomic E-state index is 0.698.